The van der Waals surface area contributed by atoms with Crippen LogP contribution in [0, 0.1) is 0 Å². The molecule has 0 aromatic carbocycles. The van der Waals surface area contributed by atoms with Gasteiger partial charge in [0.05, 0.1) is 18.7 Å². The van der Waals surface area contributed by atoms with Crippen molar-refractivity contribution in [2.75, 3.05) is 0 Å². The Labute approximate surface area is 115 Å². The molecule has 0 spiro atoms. The van der Waals surface area contributed by atoms with E-state index in [9.17, 15) is 14.4 Å². The van der Waals surface area contributed by atoms with Gasteiger partial charge in [0, 0.05) is 12.0 Å². The van der Waals surface area contributed by atoms with Gasteiger partial charge in [0.15, 0.2) is 0 Å². The normalized spacial score (nSPS) is 24.8. The minimum Gasteiger partial charge on any atom is -0.469 e. The Kier molecular flexibility index (Phi) is 3.17. The van der Waals surface area contributed by atoms with Gasteiger partial charge in [0.1, 0.15) is 11.8 Å². The molecule has 1 aromatic heterocycles. The third kappa shape index (κ3) is 2.38. The summed E-state index contributed by atoms with van der Waals surface area (Å²) in [4.78, 5) is 34.3. The maximum absolute atomic E-state index is 12.0. The molecule has 3 rings (SSSR count). The molecule has 2 heterocycles. The van der Waals surface area contributed by atoms with E-state index in [4.69, 9.17) is 4.42 Å². The van der Waals surface area contributed by atoms with Gasteiger partial charge in [-0.05, 0) is 18.9 Å². The number of urea groups is 1. The molecule has 7 nitrogen and oxygen atoms in total. The van der Waals surface area contributed by atoms with Crippen molar-refractivity contribution in [2.45, 2.75) is 37.8 Å². The molecule has 1 aliphatic heterocycles. The van der Waals surface area contributed by atoms with Crippen molar-refractivity contribution in [1.29, 1.82) is 0 Å². The van der Waals surface area contributed by atoms with Crippen LogP contribution in [-0.2, 0) is 16.0 Å². The summed E-state index contributed by atoms with van der Waals surface area (Å²) in [6.45, 7) is 0. The van der Waals surface area contributed by atoms with Gasteiger partial charge in [-0.3, -0.25) is 14.9 Å². The fraction of sp³-hybridized carbons (Fsp3) is 0.462. The van der Waals surface area contributed by atoms with E-state index >= 15 is 0 Å². The molecule has 1 aromatic rings. The van der Waals surface area contributed by atoms with Crippen LogP contribution in [0.2, 0.25) is 0 Å². The van der Waals surface area contributed by atoms with Gasteiger partial charge in [-0.2, -0.15) is 0 Å². The smallest absolute Gasteiger partial charge is 0.322 e. The lowest BCUT2D eigenvalue weighted by Gasteiger charge is -2.23. The summed E-state index contributed by atoms with van der Waals surface area (Å²) in [6, 6.07) is 0.450. The first kappa shape index (κ1) is 12.7. The number of amides is 4. The predicted molar refractivity (Wildman–Crippen MR) is 67.6 cm³/mol. The zero-order chi connectivity index (χ0) is 14.1. The van der Waals surface area contributed by atoms with Crippen LogP contribution in [0.25, 0.3) is 0 Å². The number of aryl methyl sites for hydroxylation is 1. The fourth-order valence-electron chi connectivity index (χ4n) is 2.68. The monoisotopic (exact) mass is 277 g/mol. The first-order chi connectivity index (χ1) is 9.63. The minimum atomic E-state index is -0.782. The first-order valence-electron chi connectivity index (χ1n) is 6.60. The Morgan fingerprint density at radius 3 is 3.05 bits per heavy atom. The van der Waals surface area contributed by atoms with Crippen LogP contribution in [0.15, 0.2) is 16.7 Å². The number of imide groups is 1. The topological polar surface area (TPSA) is 100 Å². The SMILES string of the molecule is O=C(C[C@H]1NC(=O)NC1=O)N[C@@H]1CCCc2occc21. The summed E-state index contributed by atoms with van der Waals surface area (Å²) >= 11 is 0. The van der Waals surface area contributed by atoms with E-state index in [2.05, 4.69) is 16.0 Å². The molecule has 7 heteroatoms. The molecule has 2 atom stereocenters. The van der Waals surface area contributed by atoms with Crippen molar-refractivity contribution >= 4 is 17.8 Å². The maximum atomic E-state index is 12.0. The van der Waals surface area contributed by atoms with Crippen molar-refractivity contribution in [3.63, 3.8) is 0 Å². The van der Waals surface area contributed by atoms with Gasteiger partial charge < -0.3 is 15.1 Å². The molecule has 20 heavy (non-hydrogen) atoms. The van der Waals surface area contributed by atoms with E-state index < -0.39 is 18.0 Å². The van der Waals surface area contributed by atoms with Gasteiger partial charge >= 0.3 is 6.03 Å². The largest absolute Gasteiger partial charge is 0.469 e. The van der Waals surface area contributed by atoms with E-state index in [1.807, 2.05) is 6.07 Å². The van der Waals surface area contributed by atoms with Gasteiger partial charge in [-0.25, -0.2) is 4.79 Å². The van der Waals surface area contributed by atoms with Crippen molar-refractivity contribution in [2.24, 2.45) is 0 Å². The number of furan rings is 1. The molecular weight excluding hydrogens is 262 g/mol. The second-order valence-electron chi connectivity index (χ2n) is 5.03. The van der Waals surface area contributed by atoms with Crippen molar-refractivity contribution in [3.05, 3.63) is 23.7 Å². The lowest BCUT2D eigenvalue weighted by molar-refractivity contribution is -0.126. The zero-order valence-electron chi connectivity index (χ0n) is 10.8. The summed E-state index contributed by atoms with van der Waals surface area (Å²) in [5.41, 5.74) is 1.00. The number of hydrogen-bond donors (Lipinski definition) is 3. The van der Waals surface area contributed by atoms with E-state index in [0.29, 0.717) is 0 Å². The van der Waals surface area contributed by atoms with Gasteiger partial charge in [0.25, 0.3) is 5.91 Å². The molecule has 4 amide bonds. The quantitative estimate of drug-likeness (QED) is 0.695. The second kappa shape index (κ2) is 4.99. The fourth-order valence-corrected chi connectivity index (χ4v) is 2.68. The molecule has 1 saturated heterocycles. The highest BCUT2D eigenvalue weighted by Crippen LogP contribution is 2.30. The van der Waals surface area contributed by atoms with Crippen LogP contribution < -0.4 is 16.0 Å². The Bertz CT molecular complexity index is 566. The van der Waals surface area contributed by atoms with E-state index in [1.54, 1.807) is 6.26 Å². The number of carbonyl (C=O) groups excluding carboxylic acids is 3. The van der Waals surface area contributed by atoms with Crippen LogP contribution in [0.5, 0.6) is 0 Å². The number of rotatable bonds is 3. The summed E-state index contributed by atoms with van der Waals surface area (Å²) in [5, 5.41) is 7.40. The van der Waals surface area contributed by atoms with Gasteiger partial charge in [-0.1, -0.05) is 0 Å². The summed E-state index contributed by atoms with van der Waals surface area (Å²) < 4.78 is 5.36. The van der Waals surface area contributed by atoms with Crippen LogP contribution in [0.4, 0.5) is 4.79 Å². The number of hydrogen-bond acceptors (Lipinski definition) is 4. The molecule has 0 radical (unpaired) electrons. The molecule has 0 unspecified atom stereocenters. The molecule has 0 saturated carbocycles. The van der Waals surface area contributed by atoms with Crippen molar-refractivity contribution in [1.82, 2.24) is 16.0 Å². The predicted octanol–water partition coefficient (Wildman–Crippen LogP) is 0.371. The molecule has 106 valence electrons. The second-order valence-corrected chi connectivity index (χ2v) is 5.03. The summed E-state index contributed by atoms with van der Waals surface area (Å²) in [6.07, 6.45) is 4.25. The molecular formula is C13H15N3O4. The average molecular weight is 277 g/mol. The molecule has 3 N–H and O–H groups in total. The molecule has 2 aliphatic rings. The van der Waals surface area contributed by atoms with Crippen molar-refractivity contribution < 1.29 is 18.8 Å². The van der Waals surface area contributed by atoms with Crippen molar-refractivity contribution in [3.8, 4) is 0 Å². The van der Waals surface area contributed by atoms with Crippen LogP contribution in [0.1, 0.15) is 36.6 Å². The Morgan fingerprint density at radius 1 is 1.45 bits per heavy atom. The molecule has 1 aliphatic carbocycles. The summed E-state index contributed by atoms with van der Waals surface area (Å²) in [7, 11) is 0. The van der Waals surface area contributed by atoms with Gasteiger partial charge in [0.2, 0.25) is 5.91 Å². The average Bonchev–Trinajstić information content (AvgIpc) is 2.97. The van der Waals surface area contributed by atoms with Crippen LogP contribution in [-0.4, -0.2) is 23.9 Å². The lowest BCUT2D eigenvalue weighted by Crippen LogP contribution is -2.38. The maximum Gasteiger partial charge on any atom is 0.322 e. The van der Waals surface area contributed by atoms with E-state index in [0.717, 1.165) is 30.6 Å². The standard InChI is InChI=1S/C13H15N3O4/c17-11(6-9-12(18)16-13(19)15-9)14-8-2-1-3-10-7(8)4-5-20-10/h4-5,8-9H,1-3,6H2,(H,14,17)(H2,15,16,18,19)/t8-,9-/m1/s1. The Balaban J connectivity index is 1.60. The molecule has 0 bridgehead atoms. The highest BCUT2D eigenvalue weighted by atomic mass is 16.3. The highest BCUT2D eigenvalue weighted by Gasteiger charge is 2.32. The zero-order valence-corrected chi connectivity index (χ0v) is 10.8. The van der Waals surface area contributed by atoms with Crippen LogP contribution >= 0.6 is 0 Å². The third-order valence-electron chi connectivity index (χ3n) is 3.64. The van der Waals surface area contributed by atoms with E-state index in [-0.39, 0.29) is 18.4 Å². The summed E-state index contributed by atoms with van der Waals surface area (Å²) in [5.74, 6) is 0.192. The Morgan fingerprint density at radius 2 is 2.30 bits per heavy atom. The van der Waals surface area contributed by atoms with Gasteiger partial charge in [-0.15, -0.1) is 0 Å². The third-order valence-corrected chi connectivity index (χ3v) is 3.64. The minimum absolute atomic E-state index is 0.0543. The lowest BCUT2D eigenvalue weighted by atomic mass is 9.93. The number of fused-ring (bicyclic) bond motifs is 1. The Hall–Kier alpha value is -2.31. The first-order valence-corrected chi connectivity index (χ1v) is 6.60. The van der Waals surface area contributed by atoms with E-state index in [1.165, 1.54) is 0 Å². The molecule has 1 fully saturated rings. The number of nitrogens with one attached hydrogen (secondary N) is 3. The number of carbonyl (C=O) groups is 3. The van der Waals surface area contributed by atoms with Crippen LogP contribution in [0.3, 0.4) is 0 Å². The highest BCUT2D eigenvalue weighted by molar-refractivity contribution is 6.05.